The minimum absolute atomic E-state index is 0.136. The molecule has 1 amide bonds. The number of nitrogens with zero attached hydrogens (tertiary/aromatic N) is 3. The van der Waals surface area contributed by atoms with E-state index in [0.29, 0.717) is 23.3 Å². The lowest BCUT2D eigenvalue weighted by molar-refractivity contribution is -0.157. The van der Waals surface area contributed by atoms with Crippen molar-refractivity contribution in [3.8, 4) is 11.4 Å². The van der Waals surface area contributed by atoms with Crippen LogP contribution >= 0.6 is 11.6 Å². The van der Waals surface area contributed by atoms with E-state index in [1.165, 1.54) is 19.3 Å². The summed E-state index contributed by atoms with van der Waals surface area (Å²) in [5.41, 5.74) is 0.715. The summed E-state index contributed by atoms with van der Waals surface area (Å²) in [5, 5.41) is 4.72. The minimum atomic E-state index is -0.136. The third-order valence-electron chi connectivity index (χ3n) is 6.78. The molecule has 4 aliphatic rings. The number of benzene rings is 1. The normalized spacial score (nSPS) is 31.3. The molecule has 1 heterocycles. The van der Waals surface area contributed by atoms with Gasteiger partial charge in [0.15, 0.2) is 0 Å². The molecule has 4 fully saturated rings. The fourth-order valence-corrected chi connectivity index (χ4v) is 6.21. The van der Waals surface area contributed by atoms with Crippen LogP contribution in [-0.2, 0) is 11.3 Å². The Morgan fingerprint density at radius 2 is 1.74 bits per heavy atom. The Morgan fingerprint density at radius 3 is 2.33 bits per heavy atom. The summed E-state index contributed by atoms with van der Waals surface area (Å²) in [4.78, 5) is 19.6. The van der Waals surface area contributed by atoms with Crippen molar-refractivity contribution in [3.05, 3.63) is 35.2 Å². The highest BCUT2D eigenvalue weighted by Gasteiger charge is 2.55. The smallest absolute Gasteiger partial charge is 0.246 e. The molecule has 5 nitrogen and oxygen atoms in total. The average molecular weight is 386 g/mol. The molecule has 0 N–H and O–H groups in total. The summed E-state index contributed by atoms with van der Waals surface area (Å²) < 4.78 is 5.40. The average Bonchev–Trinajstić information content (AvgIpc) is 3.09. The van der Waals surface area contributed by atoms with Gasteiger partial charge in [-0.1, -0.05) is 16.8 Å². The zero-order valence-electron chi connectivity index (χ0n) is 15.5. The van der Waals surface area contributed by atoms with Crippen LogP contribution in [0.2, 0.25) is 5.02 Å². The van der Waals surface area contributed by atoms with Crippen LogP contribution in [-0.4, -0.2) is 28.0 Å². The number of amides is 1. The maximum atomic E-state index is 13.3. The molecule has 4 saturated carbocycles. The van der Waals surface area contributed by atoms with Crippen LogP contribution in [0, 0.1) is 23.2 Å². The monoisotopic (exact) mass is 385 g/mol. The molecule has 2 aromatic rings. The third-order valence-corrected chi connectivity index (χ3v) is 7.03. The van der Waals surface area contributed by atoms with Gasteiger partial charge in [-0.15, -0.1) is 0 Å². The van der Waals surface area contributed by atoms with Gasteiger partial charge in [0.2, 0.25) is 17.6 Å². The van der Waals surface area contributed by atoms with Crippen LogP contribution in [0.15, 0.2) is 28.8 Å². The number of aromatic nitrogens is 2. The standard InChI is InChI=1S/C21H24ClN3O2/c1-25(12-18-23-19(24-27-18)16-2-4-17(22)5-3-16)20(26)21-9-13-6-14(10-21)8-15(7-13)11-21/h2-5,13-15H,6-12H2,1H3. The maximum absolute atomic E-state index is 13.3. The molecule has 4 bridgehead atoms. The molecule has 142 valence electrons. The summed E-state index contributed by atoms with van der Waals surface area (Å²) in [6.07, 6.45) is 7.23. The lowest BCUT2D eigenvalue weighted by Crippen LogP contribution is -2.53. The van der Waals surface area contributed by atoms with Crippen molar-refractivity contribution in [2.75, 3.05) is 7.05 Å². The second-order valence-corrected chi connectivity index (χ2v) is 9.31. The Labute approximate surface area is 164 Å². The molecule has 0 unspecified atom stereocenters. The van der Waals surface area contributed by atoms with Gasteiger partial charge in [0.1, 0.15) is 0 Å². The topological polar surface area (TPSA) is 59.2 Å². The minimum Gasteiger partial charge on any atom is -0.337 e. The SMILES string of the molecule is CN(Cc1nc(-c2ccc(Cl)cc2)no1)C(=O)C12CC3CC(CC(C3)C1)C2. The number of halogens is 1. The molecule has 27 heavy (non-hydrogen) atoms. The van der Waals surface area contributed by atoms with Crippen LogP contribution < -0.4 is 0 Å². The van der Waals surface area contributed by atoms with Gasteiger partial charge in [0, 0.05) is 17.6 Å². The van der Waals surface area contributed by atoms with Crippen LogP contribution in [0.25, 0.3) is 11.4 Å². The fraction of sp³-hybridized carbons (Fsp3) is 0.571. The predicted molar refractivity (Wildman–Crippen MR) is 102 cm³/mol. The summed E-state index contributed by atoms with van der Waals surface area (Å²) in [7, 11) is 1.87. The quantitative estimate of drug-likeness (QED) is 0.773. The van der Waals surface area contributed by atoms with E-state index in [1.54, 1.807) is 17.0 Å². The fourth-order valence-electron chi connectivity index (χ4n) is 6.09. The highest BCUT2D eigenvalue weighted by Crippen LogP contribution is 2.60. The Bertz CT molecular complexity index is 825. The van der Waals surface area contributed by atoms with Crippen molar-refractivity contribution in [2.24, 2.45) is 23.2 Å². The molecule has 0 saturated heterocycles. The Kier molecular flexibility index (Phi) is 4.04. The molecule has 1 aromatic carbocycles. The summed E-state index contributed by atoms with van der Waals surface area (Å²) in [5.74, 6) is 3.54. The van der Waals surface area contributed by atoms with Gasteiger partial charge in [-0.3, -0.25) is 4.79 Å². The molecule has 0 aliphatic heterocycles. The second-order valence-electron chi connectivity index (χ2n) is 8.88. The largest absolute Gasteiger partial charge is 0.337 e. The van der Waals surface area contributed by atoms with Crippen LogP contribution in [0.4, 0.5) is 0 Å². The van der Waals surface area contributed by atoms with E-state index in [0.717, 1.165) is 42.6 Å². The van der Waals surface area contributed by atoms with Gasteiger partial charge in [-0.05, 0) is 80.5 Å². The zero-order valence-corrected chi connectivity index (χ0v) is 16.3. The predicted octanol–water partition coefficient (Wildman–Crippen LogP) is 4.56. The van der Waals surface area contributed by atoms with E-state index in [4.69, 9.17) is 16.1 Å². The summed E-state index contributed by atoms with van der Waals surface area (Å²) in [6, 6.07) is 7.33. The van der Waals surface area contributed by atoms with Crippen molar-refractivity contribution in [3.63, 3.8) is 0 Å². The Balaban J connectivity index is 1.30. The Morgan fingerprint density at radius 1 is 1.15 bits per heavy atom. The van der Waals surface area contributed by atoms with E-state index in [1.807, 2.05) is 19.2 Å². The lowest BCUT2D eigenvalue weighted by Gasteiger charge is -2.56. The highest BCUT2D eigenvalue weighted by molar-refractivity contribution is 6.30. The van der Waals surface area contributed by atoms with Gasteiger partial charge in [-0.2, -0.15) is 4.98 Å². The van der Waals surface area contributed by atoms with E-state index >= 15 is 0 Å². The number of hydrogen-bond acceptors (Lipinski definition) is 4. The second kappa shape index (κ2) is 6.33. The molecule has 4 aliphatic carbocycles. The molecule has 0 radical (unpaired) electrons. The van der Waals surface area contributed by atoms with Crippen molar-refractivity contribution >= 4 is 17.5 Å². The zero-order chi connectivity index (χ0) is 18.6. The van der Waals surface area contributed by atoms with E-state index in [-0.39, 0.29) is 11.3 Å². The number of carbonyl (C=O) groups is 1. The van der Waals surface area contributed by atoms with Gasteiger partial charge in [0.25, 0.3) is 0 Å². The van der Waals surface area contributed by atoms with Gasteiger partial charge in [-0.25, -0.2) is 0 Å². The van der Waals surface area contributed by atoms with Crippen molar-refractivity contribution in [1.82, 2.24) is 15.0 Å². The molecule has 1 aromatic heterocycles. The van der Waals surface area contributed by atoms with E-state index in [2.05, 4.69) is 10.1 Å². The molecule has 0 atom stereocenters. The highest BCUT2D eigenvalue weighted by atomic mass is 35.5. The summed E-state index contributed by atoms with van der Waals surface area (Å²) in [6.45, 7) is 0.362. The van der Waals surface area contributed by atoms with Crippen LogP contribution in [0.1, 0.15) is 44.4 Å². The van der Waals surface area contributed by atoms with E-state index in [9.17, 15) is 4.79 Å². The van der Waals surface area contributed by atoms with Gasteiger partial charge in [0.05, 0.1) is 12.0 Å². The first kappa shape index (κ1) is 17.2. The molecular weight excluding hydrogens is 362 g/mol. The number of rotatable bonds is 4. The van der Waals surface area contributed by atoms with Crippen LogP contribution in [0.5, 0.6) is 0 Å². The first-order valence-electron chi connectivity index (χ1n) is 9.85. The Hall–Kier alpha value is -1.88. The van der Waals surface area contributed by atoms with Crippen molar-refractivity contribution in [2.45, 2.75) is 45.1 Å². The first-order valence-corrected chi connectivity index (χ1v) is 10.2. The van der Waals surface area contributed by atoms with Gasteiger partial charge < -0.3 is 9.42 Å². The molecule has 6 heteroatoms. The third kappa shape index (κ3) is 3.06. The van der Waals surface area contributed by atoms with E-state index < -0.39 is 0 Å². The molecule has 0 spiro atoms. The molecular formula is C21H24ClN3O2. The maximum Gasteiger partial charge on any atom is 0.246 e. The first-order chi connectivity index (χ1) is 13.0. The molecule has 6 rings (SSSR count). The lowest BCUT2D eigenvalue weighted by atomic mass is 9.49. The number of carbonyl (C=O) groups excluding carboxylic acids is 1. The van der Waals surface area contributed by atoms with Crippen molar-refractivity contribution < 1.29 is 9.32 Å². The van der Waals surface area contributed by atoms with Gasteiger partial charge >= 0.3 is 0 Å². The number of hydrogen-bond donors (Lipinski definition) is 0. The van der Waals surface area contributed by atoms with Crippen molar-refractivity contribution in [1.29, 1.82) is 0 Å². The van der Waals surface area contributed by atoms with Crippen LogP contribution in [0.3, 0.4) is 0 Å². The summed E-state index contributed by atoms with van der Waals surface area (Å²) >= 11 is 5.93.